The Morgan fingerprint density at radius 1 is 1.02 bits per heavy atom. The SMILES string of the molecule is CC[Si](CC)(CC)O[C@H]1CC2OC[C@@]2(OC(C)=O)C2[C@H](OC(=O)c3ccccc3)[C@]3(C)C[C@H](O)C(C)=C([C@H](O)C(=O)[C@@]21C)C3(C)C. The van der Waals surface area contributed by atoms with Crippen molar-refractivity contribution in [1.82, 2.24) is 0 Å². The van der Waals surface area contributed by atoms with Gasteiger partial charge in [0.15, 0.2) is 19.7 Å². The Labute approximate surface area is 274 Å². The molecular weight excluding hydrogens is 604 g/mol. The highest BCUT2D eigenvalue weighted by atomic mass is 28.4. The monoisotopic (exact) mass is 656 g/mol. The average Bonchev–Trinajstić information content (AvgIpc) is 3.01. The molecule has 0 aromatic heterocycles. The molecule has 5 rings (SSSR count). The first kappa shape index (κ1) is 34.9. The second-order valence-electron chi connectivity index (χ2n) is 15.0. The van der Waals surface area contributed by atoms with Gasteiger partial charge in [-0.3, -0.25) is 9.59 Å². The van der Waals surface area contributed by atoms with Gasteiger partial charge in [0.1, 0.15) is 18.3 Å². The van der Waals surface area contributed by atoms with E-state index in [1.54, 1.807) is 38.1 Å². The highest BCUT2D eigenvalue weighted by Gasteiger charge is 2.77. The van der Waals surface area contributed by atoms with Gasteiger partial charge in [0.25, 0.3) is 0 Å². The zero-order chi connectivity index (χ0) is 34.0. The molecule has 0 spiro atoms. The van der Waals surface area contributed by atoms with E-state index in [1.165, 1.54) is 6.92 Å². The standard InChI is InChI=1S/C36H52O9Si/c1-10-46(11-2,12-3)45-25-18-26-36(20-42-26,44-22(5)37)29-31(43-32(41)23-16-14-13-15-17-23)34(8)19-24(38)21(4)27(33(34,6)7)28(39)30(40)35(25,29)9/h13-17,24-26,28-29,31,38-39H,10-12,18-20H2,1-9H3/t24-,25-,26?,28-,29?,31-,34-,35+,36-/m0/s1. The van der Waals surface area contributed by atoms with Crippen molar-refractivity contribution in [2.75, 3.05) is 6.61 Å². The van der Waals surface area contributed by atoms with E-state index in [-0.39, 0.29) is 19.4 Å². The average molecular weight is 657 g/mol. The summed E-state index contributed by atoms with van der Waals surface area (Å²) in [5.41, 5.74) is -3.41. The maximum Gasteiger partial charge on any atom is 0.338 e. The predicted octanol–water partition coefficient (Wildman–Crippen LogP) is 5.39. The summed E-state index contributed by atoms with van der Waals surface area (Å²) in [6, 6.07) is 11.2. The van der Waals surface area contributed by atoms with Crippen LogP contribution in [0.1, 0.15) is 85.5 Å². The Morgan fingerprint density at radius 2 is 1.63 bits per heavy atom. The maximum atomic E-state index is 15.2. The molecule has 46 heavy (non-hydrogen) atoms. The number of esters is 2. The van der Waals surface area contributed by atoms with Gasteiger partial charge in [0.2, 0.25) is 0 Å². The molecule has 9 atom stereocenters. The number of benzene rings is 1. The number of ether oxygens (including phenoxy) is 3. The number of aliphatic hydroxyl groups is 2. The van der Waals surface area contributed by atoms with Gasteiger partial charge in [-0.05, 0) is 67.1 Å². The van der Waals surface area contributed by atoms with Crippen molar-refractivity contribution in [1.29, 1.82) is 0 Å². The van der Waals surface area contributed by atoms with E-state index in [4.69, 9.17) is 18.6 Å². The minimum Gasteiger partial charge on any atom is -0.458 e. The zero-order valence-corrected chi connectivity index (χ0v) is 29.8. The molecule has 9 nitrogen and oxygen atoms in total. The topological polar surface area (TPSA) is 129 Å². The molecule has 1 aliphatic heterocycles. The van der Waals surface area contributed by atoms with Gasteiger partial charge in [0.05, 0.1) is 35.7 Å². The first-order valence-electron chi connectivity index (χ1n) is 16.9. The van der Waals surface area contributed by atoms with Crippen molar-refractivity contribution in [2.45, 2.75) is 129 Å². The lowest BCUT2D eigenvalue weighted by atomic mass is 9.42. The van der Waals surface area contributed by atoms with Crippen LogP contribution in [0, 0.1) is 22.2 Å². The lowest BCUT2D eigenvalue weighted by molar-refractivity contribution is -0.339. The number of aliphatic hydroxyl groups excluding tert-OH is 2. The molecule has 3 fully saturated rings. The molecule has 1 aromatic rings. The Kier molecular flexibility index (Phi) is 9.08. The van der Waals surface area contributed by atoms with Crippen molar-refractivity contribution < 1.29 is 43.2 Å². The Bertz CT molecular complexity index is 1390. The molecule has 2 unspecified atom stereocenters. The van der Waals surface area contributed by atoms with Crippen LogP contribution in [0.5, 0.6) is 0 Å². The van der Waals surface area contributed by atoms with E-state index in [0.717, 1.165) is 18.1 Å². The van der Waals surface area contributed by atoms with E-state index < -0.39 is 84.3 Å². The summed E-state index contributed by atoms with van der Waals surface area (Å²) in [5, 5.41) is 23.7. The van der Waals surface area contributed by atoms with Gasteiger partial charge in [-0.25, -0.2) is 4.79 Å². The summed E-state index contributed by atoms with van der Waals surface area (Å²) in [6.07, 6.45) is -4.43. The fraction of sp³-hybridized carbons (Fsp3) is 0.694. The predicted molar refractivity (Wildman–Crippen MR) is 174 cm³/mol. The van der Waals surface area contributed by atoms with Crippen molar-refractivity contribution in [2.24, 2.45) is 22.2 Å². The van der Waals surface area contributed by atoms with Gasteiger partial charge in [0, 0.05) is 18.8 Å². The third kappa shape index (κ3) is 4.88. The molecule has 0 amide bonds. The van der Waals surface area contributed by atoms with E-state index in [9.17, 15) is 19.8 Å². The smallest absolute Gasteiger partial charge is 0.338 e. The summed E-state index contributed by atoms with van der Waals surface area (Å²) in [5.74, 6) is -2.56. The second kappa shape index (κ2) is 11.9. The molecule has 1 aromatic carbocycles. The molecule has 1 heterocycles. The number of fused-ring (bicyclic) bond motifs is 5. The highest BCUT2D eigenvalue weighted by Crippen LogP contribution is 2.67. The van der Waals surface area contributed by atoms with Crippen LogP contribution in [0.3, 0.4) is 0 Å². The van der Waals surface area contributed by atoms with Crippen LogP contribution in [0.25, 0.3) is 0 Å². The highest BCUT2D eigenvalue weighted by molar-refractivity contribution is 6.73. The van der Waals surface area contributed by atoms with Gasteiger partial charge in [-0.1, -0.05) is 59.7 Å². The number of carbonyl (C=O) groups excluding carboxylic acids is 3. The summed E-state index contributed by atoms with van der Waals surface area (Å²) in [4.78, 5) is 42.2. The van der Waals surface area contributed by atoms with E-state index in [1.807, 2.05) is 26.8 Å². The number of Topliss-reactive ketones (excluding diaryl/α,β-unsaturated/α-hetero) is 1. The summed E-state index contributed by atoms with van der Waals surface area (Å²) < 4.78 is 26.3. The van der Waals surface area contributed by atoms with Crippen LogP contribution in [-0.2, 0) is 28.2 Å². The van der Waals surface area contributed by atoms with Gasteiger partial charge >= 0.3 is 11.9 Å². The van der Waals surface area contributed by atoms with E-state index in [0.29, 0.717) is 16.7 Å². The molecule has 2 saturated carbocycles. The van der Waals surface area contributed by atoms with Crippen LogP contribution in [0.15, 0.2) is 41.5 Å². The molecular formula is C36H52O9Si. The van der Waals surface area contributed by atoms with Crippen LogP contribution in [0.2, 0.25) is 18.1 Å². The molecule has 254 valence electrons. The number of rotatable bonds is 8. The van der Waals surface area contributed by atoms with E-state index >= 15 is 4.79 Å². The summed E-state index contributed by atoms with van der Waals surface area (Å²) >= 11 is 0. The first-order valence-corrected chi connectivity index (χ1v) is 19.4. The van der Waals surface area contributed by atoms with Gasteiger partial charge in [-0.2, -0.15) is 0 Å². The third-order valence-corrected chi connectivity index (χ3v) is 17.5. The number of hydrogen-bond donors (Lipinski definition) is 2. The Morgan fingerprint density at radius 3 is 2.15 bits per heavy atom. The molecule has 2 bridgehead atoms. The Hall–Kier alpha value is -2.37. The quantitative estimate of drug-likeness (QED) is 0.215. The number of carbonyl (C=O) groups is 3. The maximum absolute atomic E-state index is 15.2. The lowest BCUT2D eigenvalue weighted by Gasteiger charge is -2.69. The molecule has 1 saturated heterocycles. The fourth-order valence-electron chi connectivity index (χ4n) is 9.42. The minimum atomic E-state index is -2.36. The van der Waals surface area contributed by atoms with Gasteiger partial charge < -0.3 is 28.8 Å². The van der Waals surface area contributed by atoms with Crippen LogP contribution < -0.4 is 0 Å². The van der Waals surface area contributed by atoms with Crippen molar-refractivity contribution in [3.05, 3.63) is 47.0 Å². The normalized spacial score (nSPS) is 38.5. The second-order valence-corrected chi connectivity index (χ2v) is 19.7. The van der Waals surface area contributed by atoms with E-state index in [2.05, 4.69) is 20.8 Å². The van der Waals surface area contributed by atoms with Crippen LogP contribution >= 0.6 is 0 Å². The minimum absolute atomic E-state index is 0.00563. The fourth-order valence-corrected chi connectivity index (χ4v) is 12.4. The summed E-state index contributed by atoms with van der Waals surface area (Å²) in [6.45, 7) is 17.1. The molecule has 2 N–H and O–H groups in total. The zero-order valence-electron chi connectivity index (χ0n) is 28.8. The van der Waals surface area contributed by atoms with Crippen LogP contribution in [0.4, 0.5) is 0 Å². The number of ketones is 1. The Balaban J connectivity index is 1.84. The first-order chi connectivity index (χ1) is 21.5. The summed E-state index contributed by atoms with van der Waals surface area (Å²) in [7, 11) is -2.36. The molecule has 3 aliphatic carbocycles. The van der Waals surface area contributed by atoms with Gasteiger partial charge in [-0.15, -0.1) is 0 Å². The largest absolute Gasteiger partial charge is 0.458 e. The van der Waals surface area contributed by atoms with Crippen LogP contribution in [-0.4, -0.2) is 79.0 Å². The van der Waals surface area contributed by atoms with Crippen molar-refractivity contribution in [3.8, 4) is 0 Å². The lowest BCUT2D eigenvalue weighted by Crippen LogP contribution is -2.81. The van der Waals surface area contributed by atoms with Crippen molar-refractivity contribution >= 4 is 26.0 Å². The molecule has 4 aliphatic rings. The molecule has 10 heteroatoms. The number of hydrogen-bond acceptors (Lipinski definition) is 9. The third-order valence-electron chi connectivity index (χ3n) is 12.9. The van der Waals surface area contributed by atoms with Crippen molar-refractivity contribution in [3.63, 3.8) is 0 Å². The molecule has 0 radical (unpaired) electrons.